The van der Waals surface area contributed by atoms with Gasteiger partial charge in [-0.1, -0.05) is 38.5 Å². The van der Waals surface area contributed by atoms with Crippen LogP contribution in [-0.4, -0.2) is 30.8 Å². The third-order valence-corrected chi connectivity index (χ3v) is 8.99. The molecule has 0 radical (unpaired) electrons. The van der Waals surface area contributed by atoms with Crippen molar-refractivity contribution < 1.29 is 9.53 Å². The van der Waals surface area contributed by atoms with Crippen LogP contribution < -0.4 is 0 Å². The van der Waals surface area contributed by atoms with E-state index >= 15 is 0 Å². The van der Waals surface area contributed by atoms with E-state index in [2.05, 4.69) is 82.7 Å². The largest absolute Gasteiger partial charge is 0.466 e. The van der Waals surface area contributed by atoms with Crippen LogP contribution in [0, 0.1) is 36.5 Å². The normalized spacial score (nSPS) is 33.0. The zero-order valence-corrected chi connectivity index (χ0v) is 23.3. The molecule has 2 aliphatic heterocycles. The highest BCUT2D eigenvalue weighted by Crippen LogP contribution is 2.44. The smallest absolute Gasteiger partial charge is 0.163 e. The Hall–Kier alpha value is -2.49. The minimum atomic E-state index is 0.102. The standard InChI is InChI=1S/C32H44N2O2/c1-19-8-11-27(30-18-33-12-13-34-25(30)7)29(14-19)31(35)17-28-20(2)9-10-26(16-22(28)4)32-24(6)21(3)15-23(5)36-32/h8,11-15,20-22,25-26,28,30H,9-10,16-18H2,1-7H3. The Morgan fingerprint density at radius 2 is 1.81 bits per heavy atom. The average Bonchev–Trinajstić information content (AvgIpc) is 3.13. The highest BCUT2D eigenvalue weighted by Gasteiger charge is 2.36. The van der Waals surface area contributed by atoms with Gasteiger partial charge in [-0.05, 0) is 88.0 Å². The van der Waals surface area contributed by atoms with Crippen molar-refractivity contribution in [2.45, 2.75) is 86.1 Å². The molecule has 0 spiro atoms. The highest BCUT2D eigenvalue weighted by atomic mass is 16.5. The lowest BCUT2D eigenvalue weighted by molar-refractivity contribution is 0.0916. The first-order valence-corrected chi connectivity index (χ1v) is 13.9. The summed E-state index contributed by atoms with van der Waals surface area (Å²) < 4.78 is 6.30. The van der Waals surface area contributed by atoms with Gasteiger partial charge in [0.15, 0.2) is 5.78 Å². The predicted octanol–water partition coefficient (Wildman–Crippen LogP) is 7.73. The number of Topliss-reactive ketones (excluding diaryl/α,β-unsaturated/α-hetero) is 1. The lowest BCUT2D eigenvalue weighted by Gasteiger charge is -2.30. The van der Waals surface area contributed by atoms with Crippen LogP contribution in [0.1, 0.15) is 94.6 Å². The fourth-order valence-corrected chi connectivity index (χ4v) is 6.59. The molecule has 1 aromatic carbocycles. The molecule has 36 heavy (non-hydrogen) atoms. The summed E-state index contributed by atoms with van der Waals surface area (Å²) in [6, 6.07) is 6.46. The number of nitrogens with zero attached hydrogens (tertiary/aromatic N) is 2. The maximum atomic E-state index is 13.9. The SMILES string of the molecule is CC1=CC(C)C(C)=C(C2CCC(C)C(CC(=O)c3cc(C)ccc3C3CN=CC=NC3C)C(C)C2)O1. The number of carbonyl (C=O) groups excluding carboxylic acids is 1. The summed E-state index contributed by atoms with van der Waals surface area (Å²) in [5.74, 6) is 4.82. The molecule has 4 nitrogen and oxygen atoms in total. The van der Waals surface area contributed by atoms with Crippen molar-refractivity contribution in [3.63, 3.8) is 0 Å². The third-order valence-electron chi connectivity index (χ3n) is 8.99. The molecule has 4 rings (SSSR count). The number of carbonyl (C=O) groups is 1. The molecule has 3 aliphatic rings. The van der Waals surface area contributed by atoms with Gasteiger partial charge in [0.25, 0.3) is 0 Å². The molecular weight excluding hydrogens is 444 g/mol. The van der Waals surface area contributed by atoms with Gasteiger partial charge in [0.2, 0.25) is 0 Å². The Morgan fingerprint density at radius 3 is 2.58 bits per heavy atom. The van der Waals surface area contributed by atoms with Crippen molar-refractivity contribution in [2.75, 3.05) is 6.54 Å². The zero-order chi connectivity index (χ0) is 26.0. The molecule has 1 aromatic rings. The van der Waals surface area contributed by atoms with Crippen LogP contribution >= 0.6 is 0 Å². The quantitative estimate of drug-likeness (QED) is 0.314. The minimum absolute atomic E-state index is 0.102. The van der Waals surface area contributed by atoms with Crippen molar-refractivity contribution in [3.8, 4) is 0 Å². The Balaban J connectivity index is 1.55. The van der Waals surface area contributed by atoms with Gasteiger partial charge in [-0.3, -0.25) is 14.8 Å². The monoisotopic (exact) mass is 488 g/mol. The average molecular weight is 489 g/mol. The third kappa shape index (κ3) is 5.74. The number of ketones is 1. The van der Waals surface area contributed by atoms with Gasteiger partial charge in [-0.25, -0.2) is 0 Å². The number of allylic oxidation sites excluding steroid dienone is 4. The van der Waals surface area contributed by atoms with Gasteiger partial charge in [-0.2, -0.15) is 0 Å². The van der Waals surface area contributed by atoms with Crippen molar-refractivity contribution in [1.29, 1.82) is 0 Å². The van der Waals surface area contributed by atoms with E-state index in [0.717, 1.165) is 41.7 Å². The first-order valence-electron chi connectivity index (χ1n) is 13.9. The van der Waals surface area contributed by atoms with Gasteiger partial charge < -0.3 is 4.74 Å². The topological polar surface area (TPSA) is 51.0 Å². The van der Waals surface area contributed by atoms with E-state index < -0.39 is 0 Å². The fraction of sp³-hybridized carbons (Fsp3) is 0.594. The van der Waals surface area contributed by atoms with Crippen LogP contribution in [0.5, 0.6) is 0 Å². The van der Waals surface area contributed by atoms with E-state index in [-0.39, 0.29) is 17.7 Å². The molecule has 194 valence electrons. The molecule has 7 unspecified atom stereocenters. The van der Waals surface area contributed by atoms with Gasteiger partial charge in [0.1, 0.15) is 5.76 Å². The van der Waals surface area contributed by atoms with Crippen molar-refractivity contribution >= 4 is 18.2 Å². The Morgan fingerprint density at radius 1 is 1.03 bits per heavy atom. The summed E-state index contributed by atoms with van der Waals surface area (Å²) in [5.41, 5.74) is 4.48. The summed E-state index contributed by atoms with van der Waals surface area (Å²) in [7, 11) is 0. The van der Waals surface area contributed by atoms with E-state index in [4.69, 9.17) is 4.74 Å². The van der Waals surface area contributed by atoms with Crippen LogP contribution in [0.4, 0.5) is 0 Å². The second-order valence-electron chi connectivity index (χ2n) is 11.7. The molecule has 7 atom stereocenters. The van der Waals surface area contributed by atoms with Crippen LogP contribution in [-0.2, 0) is 4.74 Å². The molecule has 1 fully saturated rings. The summed E-state index contributed by atoms with van der Waals surface area (Å²) in [6.07, 6.45) is 9.74. The second kappa shape index (κ2) is 11.3. The van der Waals surface area contributed by atoms with Gasteiger partial charge in [0.05, 0.1) is 11.8 Å². The molecule has 0 amide bonds. The number of hydrogen-bond acceptors (Lipinski definition) is 4. The van der Waals surface area contributed by atoms with E-state index in [0.29, 0.717) is 42.6 Å². The van der Waals surface area contributed by atoms with Gasteiger partial charge >= 0.3 is 0 Å². The number of ether oxygens (including phenoxy) is 1. The van der Waals surface area contributed by atoms with Crippen molar-refractivity contribution in [2.24, 2.45) is 39.6 Å². The van der Waals surface area contributed by atoms with Crippen LogP contribution in [0.15, 0.2) is 51.4 Å². The zero-order valence-electron chi connectivity index (χ0n) is 23.3. The maximum Gasteiger partial charge on any atom is 0.163 e. The molecule has 0 aromatic heterocycles. The molecule has 4 heteroatoms. The van der Waals surface area contributed by atoms with E-state index in [1.807, 2.05) is 0 Å². The Bertz CT molecular complexity index is 1100. The molecule has 0 N–H and O–H groups in total. The molecule has 0 bridgehead atoms. The number of benzene rings is 1. The summed E-state index contributed by atoms with van der Waals surface area (Å²) in [4.78, 5) is 23.1. The van der Waals surface area contributed by atoms with Gasteiger partial charge in [0, 0.05) is 48.7 Å². The Kier molecular flexibility index (Phi) is 8.32. The first kappa shape index (κ1) is 26.6. The number of rotatable bonds is 5. The van der Waals surface area contributed by atoms with Crippen LogP contribution in [0.2, 0.25) is 0 Å². The van der Waals surface area contributed by atoms with E-state index in [1.54, 1.807) is 12.4 Å². The van der Waals surface area contributed by atoms with E-state index in [9.17, 15) is 4.79 Å². The highest BCUT2D eigenvalue weighted by molar-refractivity contribution is 6.16. The maximum absolute atomic E-state index is 13.9. The van der Waals surface area contributed by atoms with Gasteiger partial charge in [-0.15, -0.1) is 0 Å². The molecular formula is C32H44N2O2. The van der Waals surface area contributed by atoms with Crippen LogP contribution in [0.25, 0.3) is 0 Å². The minimum Gasteiger partial charge on any atom is -0.466 e. The van der Waals surface area contributed by atoms with Crippen LogP contribution in [0.3, 0.4) is 0 Å². The number of aryl methyl sites for hydroxylation is 1. The first-order chi connectivity index (χ1) is 17.2. The molecule has 1 aliphatic carbocycles. The van der Waals surface area contributed by atoms with Crippen molar-refractivity contribution in [1.82, 2.24) is 0 Å². The predicted molar refractivity (Wildman–Crippen MR) is 150 cm³/mol. The lowest BCUT2D eigenvalue weighted by atomic mass is 9.76. The number of aliphatic imine (C=N–C) groups is 2. The summed E-state index contributed by atoms with van der Waals surface area (Å²) in [6.45, 7) is 16.1. The van der Waals surface area contributed by atoms with E-state index in [1.165, 1.54) is 11.3 Å². The summed E-state index contributed by atoms with van der Waals surface area (Å²) >= 11 is 0. The number of hydrogen-bond donors (Lipinski definition) is 0. The molecule has 2 heterocycles. The van der Waals surface area contributed by atoms with Crippen molar-refractivity contribution in [3.05, 3.63) is 58.1 Å². The molecule has 1 saturated carbocycles. The Labute approximate surface area is 218 Å². The second-order valence-corrected chi connectivity index (χ2v) is 11.7. The lowest BCUT2D eigenvalue weighted by Crippen LogP contribution is -2.24. The molecule has 0 saturated heterocycles. The fourth-order valence-electron chi connectivity index (χ4n) is 6.59. The summed E-state index contributed by atoms with van der Waals surface area (Å²) in [5, 5.41) is 0.